The summed E-state index contributed by atoms with van der Waals surface area (Å²) in [6.45, 7) is 10.1. The molecule has 4 unspecified atom stereocenters. The second kappa shape index (κ2) is 10.4. The molecule has 1 aromatic heterocycles. The summed E-state index contributed by atoms with van der Waals surface area (Å²) in [5.41, 5.74) is 14.5. The minimum atomic E-state index is -0.772. The van der Waals surface area contributed by atoms with Gasteiger partial charge in [-0.1, -0.05) is 26.0 Å². The Balaban J connectivity index is 0.00000148. The molecule has 1 amide bonds. The summed E-state index contributed by atoms with van der Waals surface area (Å²) in [5, 5.41) is 6.21. The van der Waals surface area contributed by atoms with Crippen LogP contribution in [0.15, 0.2) is 36.5 Å². The topological polar surface area (TPSA) is 125 Å². The lowest BCUT2D eigenvalue weighted by molar-refractivity contribution is -0.122. The van der Waals surface area contributed by atoms with Gasteiger partial charge in [-0.15, -0.1) is 0 Å². The molecule has 1 aromatic carbocycles. The number of rotatable bonds is 6. The monoisotopic (exact) mass is 496 g/mol. The van der Waals surface area contributed by atoms with Crippen LogP contribution in [0.25, 0.3) is 0 Å². The Kier molecular flexibility index (Phi) is 7.46. The summed E-state index contributed by atoms with van der Waals surface area (Å²) in [6, 6.07) is 5.55. The van der Waals surface area contributed by atoms with E-state index in [4.69, 9.17) is 11.5 Å². The van der Waals surface area contributed by atoms with Gasteiger partial charge in [-0.25, -0.2) is 9.37 Å². The molecular formula is C26H37FN8O. The Morgan fingerprint density at radius 3 is 2.61 bits per heavy atom. The van der Waals surface area contributed by atoms with Gasteiger partial charge in [0.15, 0.2) is 11.6 Å². The third-order valence-corrected chi connectivity index (χ3v) is 7.30. The highest BCUT2D eigenvalue weighted by atomic mass is 19.1. The first-order valence-electron chi connectivity index (χ1n) is 12.6. The van der Waals surface area contributed by atoms with Crippen molar-refractivity contribution in [2.24, 2.45) is 23.3 Å². The SMILES string of the molecule is CC.Cc1cc(Nc2ncc(F)c(NC3C(C(N)=O)C4C=CC3(N)C4)n2)ccc1N1CCN(C)CC1. The van der Waals surface area contributed by atoms with Crippen molar-refractivity contribution in [3.05, 3.63) is 47.9 Å². The van der Waals surface area contributed by atoms with E-state index in [0.717, 1.165) is 43.6 Å². The Morgan fingerprint density at radius 2 is 1.94 bits per heavy atom. The number of hydrogen-bond donors (Lipinski definition) is 4. The number of hydrogen-bond acceptors (Lipinski definition) is 8. The van der Waals surface area contributed by atoms with Crippen molar-refractivity contribution in [3.8, 4) is 0 Å². The fraction of sp³-hybridized carbons (Fsp3) is 0.500. The van der Waals surface area contributed by atoms with Gasteiger partial charge >= 0.3 is 0 Å². The van der Waals surface area contributed by atoms with Gasteiger partial charge in [-0.3, -0.25) is 4.79 Å². The molecule has 9 nitrogen and oxygen atoms in total. The Hall–Kier alpha value is -3.24. The van der Waals surface area contributed by atoms with Crippen molar-refractivity contribution in [2.45, 2.75) is 38.8 Å². The molecule has 6 N–H and O–H groups in total. The molecule has 2 fully saturated rings. The number of nitrogens with one attached hydrogen (secondary N) is 2. The Morgan fingerprint density at radius 1 is 1.22 bits per heavy atom. The maximum absolute atomic E-state index is 14.6. The van der Waals surface area contributed by atoms with Crippen molar-refractivity contribution in [1.82, 2.24) is 14.9 Å². The van der Waals surface area contributed by atoms with Crippen molar-refractivity contribution < 1.29 is 9.18 Å². The largest absolute Gasteiger partial charge is 0.369 e. The molecule has 2 heterocycles. The molecule has 1 aliphatic heterocycles. The number of allylic oxidation sites excluding steroid dienone is 1. The smallest absolute Gasteiger partial charge is 0.229 e. The Bertz CT molecular complexity index is 1130. The number of anilines is 4. The number of fused-ring (bicyclic) bond motifs is 2. The van der Waals surface area contributed by atoms with Gasteiger partial charge in [-0.2, -0.15) is 4.98 Å². The number of carbonyl (C=O) groups is 1. The summed E-state index contributed by atoms with van der Waals surface area (Å²) in [7, 11) is 2.14. The number of aromatic nitrogens is 2. The van der Waals surface area contributed by atoms with Gasteiger partial charge in [0, 0.05) is 37.6 Å². The Labute approximate surface area is 212 Å². The summed E-state index contributed by atoms with van der Waals surface area (Å²) in [6.07, 6.45) is 5.49. The molecule has 1 saturated heterocycles. The molecule has 2 aromatic rings. The minimum absolute atomic E-state index is 0.00898. The van der Waals surface area contributed by atoms with E-state index in [1.165, 1.54) is 5.69 Å². The predicted molar refractivity (Wildman–Crippen MR) is 142 cm³/mol. The number of halogens is 1. The van der Waals surface area contributed by atoms with Gasteiger partial charge in [0.2, 0.25) is 11.9 Å². The van der Waals surface area contributed by atoms with Crippen molar-refractivity contribution >= 4 is 29.0 Å². The lowest BCUT2D eigenvalue weighted by atomic mass is 9.85. The number of nitrogens with zero attached hydrogens (tertiary/aromatic N) is 4. The highest BCUT2D eigenvalue weighted by Gasteiger charge is 2.55. The normalized spacial score (nSPS) is 26.9. The van der Waals surface area contributed by atoms with Crippen LogP contribution >= 0.6 is 0 Å². The zero-order valence-electron chi connectivity index (χ0n) is 21.5. The van der Waals surface area contributed by atoms with Crippen molar-refractivity contribution in [2.75, 3.05) is 48.8 Å². The molecular weight excluding hydrogens is 459 g/mol. The number of nitrogens with two attached hydrogens (primary N) is 2. The molecule has 0 spiro atoms. The first kappa shape index (κ1) is 25.8. The van der Waals surface area contributed by atoms with E-state index < -0.39 is 29.2 Å². The molecule has 194 valence electrons. The third-order valence-electron chi connectivity index (χ3n) is 7.30. The van der Waals surface area contributed by atoms with Gasteiger partial charge in [0.1, 0.15) is 0 Å². The molecule has 1 saturated carbocycles. The number of amides is 1. The maximum atomic E-state index is 14.6. The predicted octanol–water partition coefficient (Wildman–Crippen LogP) is 2.61. The van der Waals surface area contributed by atoms with E-state index in [9.17, 15) is 9.18 Å². The second-order valence-corrected chi connectivity index (χ2v) is 9.70. The molecule has 2 aliphatic carbocycles. The number of piperazine rings is 1. The quantitative estimate of drug-likeness (QED) is 0.450. The molecule has 5 rings (SSSR count). The van der Waals surface area contributed by atoms with Crippen LogP contribution in [0.5, 0.6) is 0 Å². The van der Waals surface area contributed by atoms with E-state index in [0.29, 0.717) is 6.42 Å². The molecule has 0 radical (unpaired) electrons. The van der Waals surface area contributed by atoms with E-state index in [2.05, 4.69) is 50.4 Å². The highest BCUT2D eigenvalue weighted by molar-refractivity contribution is 5.80. The van der Waals surface area contributed by atoms with E-state index in [-0.39, 0.29) is 17.7 Å². The first-order valence-corrected chi connectivity index (χ1v) is 12.6. The summed E-state index contributed by atoms with van der Waals surface area (Å²) in [4.78, 5) is 25.2. The highest BCUT2D eigenvalue weighted by Crippen LogP contribution is 2.46. The van der Waals surface area contributed by atoms with Crippen LogP contribution in [0, 0.1) is 24.6 Å². The van der Waals surface area contributed by atoms with Crippen LogP contribution in [-0.2, 0) is 4.79 Å². The van der Waals surface area contributed by atoms with Crippen LogP contribution in [0.1, 0.15) is 25.8 Å². The molecule has 4 atom stereocenters. The van der Waals surface area contributed by atoms with Gasteiger partial charge in [0.25, 0.3) is 0 Å². The molecule has 10 heteroatoms. The maximum Gasteiger partial charge on any atom is 0.229 e. The van der Waals surface area contributed by atoms with Gasteiger partial charge in [-0.05, 0) is 50.1 Å². The van der Waals surface area contributed by atoms with Gasteiger partial charge in [0.05, 0.1) is 23.7 Å². The fourth-order valence-corrected chi connectivity index (χ4v) is 5.45. The summed E-state index contributed by atoms with van der Waals surface area (Å²) >= 11 is 0. The van der Waals surface area contributed by atoms with Crippen molar-refractivity contribution in [3.63, 3.8) is 0 Å². The summed E-state index contributed by atoms with van der Waals surface area (Å²) < 4.78 is 14.6. The van der Waals surface area contributed by atoms with Crippen LogP contribution in [0.2, 0.25) is 0 Å². The van der Waals surface area contributed by atoms with Crippen molar-refractivity contribution in [1.29, 1.82) is 0 Å². The number of likely N-dealkylation sites (N-methyl/N-ethyl adjacent to an activating group) is 1. The second-order valence-electron chi connectivity index (χ2n) is 9.70. The zero-order chi connectivity index (χ0) is 26.0. The average Bonchev–Trinajstić information content (AvgIpc) is 3.37. The van der Waals surface area contributed by atoms with Gasteiger partial charge < -0.3 is 31.9 Å². The average molecular weight is 497 g/mol. The van der Waals surface area contributed by atoms with E-state index in [1.807, 2.05) is 38.1 Å². The van der Waals surface area contributed by atoms with Crippen LogP contribution in [0.4, 0.5) is 27.5 Å². The standard InChI is InChI=1S/C24H31FN8O.C2H6/c1-14-11-16(3-4-18(14)33-9-7-32(2)8-10-33)29-23-28-13-17(25)22(31-23)30-20-19(21(26)34)15-5-6-24(20,27)12-15;1-2/h3-6,11,13,15,19-20H,7-10,12,27H2,1-2H3,(H2,26,34)(H2,28,29,30,31);1-2H3. The molecule has 36 heavy (non-hydrogen) atoms. The zero-order valence-corrected chi connectivity index (χ0v) is 21.5. The van der Waals surface area contributed by atoms with Crippen LogP contribution in [0.3, 0.4) is 0 Å². The number of primary amides is 1. The summed E-state index contributed by atoms with van der Waals surface area (Å²) in [5.74, 6) is -1.41. The third kappa shape index (κ3) is 5.01. The molecule has 2 bridgehead atoms. The minimum Gasteiger partial charge on any atom is -0.369 e. The first-order chi connectivity index (χ1) is 17.2. The lowest BCUT2D eigenvalue weighted by Crippen LogP contribution is -2.54. The fourth-order valence-electron chi connectivity index (χ4n) is 5.45. The molecule has 3 aliphatic rings. The number of aryl methyl sites for hydroxylation is 1. The number of carbonyl (C=O) groups excluding carboxylic acids is 1. The van der Waals surface area contributed by atoms with E-state index >= 15 is 0 Å². The van der Waals surface area contributed by atoms with Crippen LogP contribution in [-0.4, -0.2) is 65.6 Å². The van der Waals surface area contributed by atoms with E-state index in [1.54, 1.807) is 0 Å². The lowest BCUT2D eigenvalue weighted by Gasteiger charge is -2.35. The van der Waals surface area contributed by atoms with Crippen LogP contribution < -0.4 is 27.0 Å². The number of benzene rings is 1.